The van der Waals surface area contributed by atoms with Gasteiger partial charge in [0.05, 0.1) is 6.42 Å². The van der Waals surface area contributed by atoms with E-state index in [1.807, 2.05) is 31.2 Å². The zero-order chi connectivity index (χ0) is 11.7. The molecule has 0 aliphatic carbocycles. The minimum absolute atomic E-state index is 0.0923. The van der Waals surface area contributed by atoms with Crippen LogP contribution in [0.25, 0.3) is 11.0 Å². The maximum Gasteiger partial charge on any atom is 0.226 e. The molecule has 0 atom stereocenters. The minimum Gasteiger partial charge on any atom is -0.461 e. The van der Waals surface area contributed by atoms with Crippen LogP contribution in [0, 0.1) is 6.92 Å². The van der Waals surface area contributed by atoms with Crippen molar-refractivity contribution in [2.45, 2.75) is 13.3 Å². The number of furan rings is 1. The summed E-state index contributed by atoms with van der Waals surface area (Å²) in [5.41, 5.74) is 1.84. The standard InChI is InChI=1S/C13H15NO2/c1-9-11(8-13(15)14(2)3)10-6-4-5-7-12(10)16-9/h4-7H,8H2,1-3H3. The van der Waals surface area contributed by atoms with E-state index in [1.54, 1.807) is 19.0 Å². The summed E-state index contributed by atoms with van der Waals surface area (Å²) >= 11 is 0. The number of carbonyl (C=O) groups excluding carboxylic acids is 1. The van der Waals surface area contributed by atoms with Crippen LogP contribution in [-0.4, -0.2) is 24.9 Å². The van der Waals surface area contributed by atoms with Crippen LogP contribution in [0.15, 0.2) is 28.7 Å². The van der Waals surface area contributed by atoms with E-state index in [-0.39, 0.29) is 5.91 Å². The van der Waals surface area contributed by atoms with E-state index < -0.39 is 0 Å². The van der Waals surface area contributed by atoms with E-state index >= 15 is 0 Å². The largest absolute Gasteiger partial charge is 0.461 e. The molecule has 1 amide bonds. The first kappa shape index (κ1) is 10.7. The first-order valence-corrected chi connectivity index (χ1v) is 5.26. The number of carbonyl (C=O) groups is 1. The molecular formula is C13H15NO2. The van der Waals surface area contributed by atoms with E-state index in [9.17, 15) is 4.79 Å². The Bertz CT molecular complexity index is 526. The van der Waals surface area contributed by atoms with Crippen LogP contribution in [0.2, 0.25) is 0 Å². The van der Waals surface area contributed by atoms with Gasteiger partial charge in [-0.05, 0) is 13.0 Å². The number of benzene rings is 1. The van der Waals surface area contributed by atoms with Crippen molar-refractivity contribution in [2.24, 2.45) is 0 Å². The fraction of sp³-hybridized carbons (Fsp3) is 0.308. The van der Waals surface area contributed by atoms with Crippen LogP contribution in [0.4, 0.5) is 0 Å². The molecule has 0 fully saturated rings. The lowest BCUT2D eigenvalue weighted by Gasteiger charge is -2.09. The summed E-state index contributed by atoms with van der Waals surface area (Å²) in [6.45, 7) is 1.90. The van der Waals surface area contributed by atoms with Crippen LogP contribution in [0.1, 0.15) is 11.3 Å². The van der Waals surface area contributed by atoms with Crippen molar-refractivity contribution in [3.63, 3.8) is 0 Å². The van der Waals surface area contributed by atoms with Crippen molar-refractivity contribution >= 4 is 16.9 Å². The second-order valence-corrected chi connectivity index (χ2v) is 4.10. The molecule has 0 aliphatic rings. The number of amides is 1. The third-order valence-electron chi connectivity index (χ3n) is 2.73. The van der Waals surface area contributed by atoms with Gasteiger partial charge in [0.15, 0.2) is 0 Å². The van der Waals surface area contributed by atoms with Gasteiger partial charge in [0.2, 0.25) is 5.91 Å². The Labute approximate surface area is 94.7 Å². The molecule has 1 aromatic carbocycles. The molecule has 0 spiro atoms. The highest BCUT2D eigenvalue weighted by molar-refractivity contribution is 5.88. The molecule has 16 heavy (non-hydrogen) atoms. The Kier molecular flexibility index (Phi) is 2.69. The summed E-state index contributed by atoms with van der Waals surface area (Å²) in [4.78, 5) is 13.3. The number of aryl methyl sites for hydroxylation is 1. The zero-order valence-corrected chi connectivity index (χ0v) is 9.78. The van der Waals surface area contributed by atoms with Gasteiger partial charge in [-0.2, -0.15) is 0 Å². The molecule has 3 nitrogen and oxygen atoms in total. The molecule has 0 unspecified atom stereocenters. The first-order valence-electron chi connectivity index (χ1n) is 5.26. The van der Waals surface area contributed by atoms with E-state index in [1.165, 1.54) is 0 Å². The van der Waals surface area contributed by atoms with Gasteiger partial charge in [-0.1, -0.05) is 18.2 Å². The summed E-state index contributed by atoms with van der Waals surface area (Å²) in [7, 11) is 3.53. The minimum atomic E-state index is 0.0923. The van der Waals surface area contributed by atoms with Crippen LogP contribution < -0.4 is 0 Å². The van der Waals surface area contributed by atoms with Crippen molar-refractivity contribution in [1.82, 2.24) is 4.90 Å². The van der Waals surface area contributed by atoms with Crippen molar-refractivity contribution in [2.75, 3.05) is 14.1 Å². The van der Waals surface area contributed by atoms with Crippen LogP contribution >= 0.6 is 0 Å². The maximum absolute atomic E-state index is 11.7. The quantitative estimate of drug-likeness (QED) is 0.773. The maximum atomic E-state index is 11.7. The average Bonchev–Trinajstić information content (AvgIpc) is 2.55. The molecule has 0 bridgehead atoms. The zero-order valence-electron chi connectivity index (χ0n) is 9.78. The molecule has 1 heterocycles. The number of hydrogen-bond acceptors (Lipinski definition) is 2. The third kappa shape index (κ3) is 1.81. The van der Waals surface area contributed by atoms with E-state index in [2.05, 4.69) is 0 Å². The van der Waals surface area contributed by atoms with E-state index in [4.69, 9.17) is 4.42 Å². The van der Waals surface area contributed by atoms with Crippen molar-refractivity contribution in [3.05, 3.63) is 35.6 Å². The Morgan fingerprint density at radius 3 is 2.69 bits per heavy atom. The van der Waals surface area contributed by atoms with Crippen molar-refractivity contribution in [3.8, 4) is 0 Å². The summed E-state index contributed by atoms with van der Waals surface area (Å²) in [6, 6.07) is 7.81. The second kappa shape index (κ2) is 4.00. The van der Waals surface area contributed by atoms with Gasteiger partial charge in [0.1, 0.15) is 11.3 Å². The molecule has 1 aromatic heterocycles. The van der Waals surface area contributed by atoms with Gasteiger partial charge in [0, 0.05) is 25.0 Å². The molecule has 84 valence electrons. The first-order chi connectivity index (χ1) is 7.59. The summed E-state index contributed by atoms with van der Waals surface area (Å²) < 4.78 is 5.61. The van der Waals surface area contributed by atoms with E-state index in [0.29, 0.717) is 6.42 Å². The summed E-state index contributed by atoms with van der Waals surface area (Å²) in [6.07, 6.45) is 0.399. The molecule has 2 rings (SSSR count). The van der Waals surface area contributed by atoms with Gasteiger partial charge < -0.3 is 9.32 Å². The number of hydrogen-bond donors (Lipinski definition) is 0. The monoisotopic (exact) mass is 217 g/mol. The molecule has 0 N–H and O–H groups in total. The smallest absolute Gasteiger partial charge is 0.226 e. The van der Waals surface area contributed by atoms with Crippen LogP contribution in [0.3, 0.4) is 0 Å². The van der Waals surface area contributed by atoms with Crippen LogP contribution in [0.5, 0.6) is 0 Å². The number of nitrogens with zero attached hydrogens (tertiary/aromatic N) is 1. The highest BCUT2D eigenvalue weighted by Crippen LogP contribution is 2.25. The Balaban J connectivity index is 2.44. The molecule has 3 heteroatoms. The van der Waals surface area contributed by atoms with Gasteiger partial charge in [-0.25, -0.2) is 0 Å². The molecular weight excluding hydrogens is 202 g/mol. The predicted octanol–water partition coefficient (Wildman–Crippen LogP) is 2.37. The van der Waals surface area contributed by atoms with E-state index in [0.717, 1.165) is 22.3 Å². The number of para-hydroxylation sites is 1. The third-order valence-corrected chi connectivity index (χ3v) is 2.73. The molecule has 0 saturated carbocycles. The average molecular weight is 217 g/mol. The highest BCUT2D eigenvalue weighted by atomic mass is 16.3. The lowest BCUT2D eigenvalue weighted by molar-refractivity contribution is -0.127. The fourth-order valence-corrected chi connectivity index (χ4v) is 1.75. The predicted molar refractivity (Wildman–Crippen MR) is 63.3 cm³/mol. The Hall–Kier alpha value is -1.77. The number of likely N-dealkylation sites (N-methyl/N-ethyl adjacent to an activating group) is 1. The number of rotatable bonds is 2. The molecule has 2 aromatic rings. The Morgan fingerprint density at radius 2 is 2.00 bits per heavy atom. The van der Waals surface area contributed by atoms with Gasteiger partial charge in [-0.15, -0.1) is 0 Å². The lowest BCUT2D eigenvalue weighted by atomic mass is 10.1. The van der Waals surface area contributed by atoms with Gasteiger partial charge in [-0.3, -0.25) is 4.79 Å². The molecule has 0 saturated heterocycles. The second-order valence-electron chi connectivity index (χ2n) is 4.10. The van der Waals surface area contributed by atoms with Crippen molar-refractivity contribution in [1.29, 1.82) is 0 Å². The highest BCUT2D eigenvalue weighted by Gasteiger charge is 2.14. The lowest BCUT2D eigenvalue weighted by Crippen LogP contribution is -2.23. The SMILES string of the molecule is Cc1oc2ccccc2c1CC(=O)N(C)C. The fourth-order valence-electron chi connectivity index (χ4n) is 1.75. The normalized spacial score (nSPS) is 10.7. The van der Waals surface area contributed by atoms with Crippen LogP contribution in [-0.2, 0) is 11.2 Å². The van der Waals surface area contributed by atoms with Gasteiger partial charge in [0.25, 0.3) is 0 Å². The molecule has 0 aliphatic heterocycles. The molecule has 0 radical (unpaired) electrons. The number of fused-ring (bicyclic) bond motifs is 1. The van der Waals surface area contributed by atoms with Crippen molar-refractivity contribution < 1.29 is 9.21 Å². The summed E-state index contributed by atoms with van der Waals surface area (Å²) in [5.74, 6) is 0.922. The van der Waals surface area contributed by atoms with Gasteiger partial charge >= 0.3 is 0 Å². The topological polar surface area (TPSA) is 33.5 Å². The Morgan fingerprint density at radius 1 is 1.31 bits per heavy atom. The summed E-state index contributed by atoms with van der Waals surface area (Å²) in [5, 5.41) is 1.04.